The number of rotatable bonds is 5. The molecule has 0 unspecified atom stereocenters. The van der Waals surface area contributed by atoms with Gasteiger partial charge in [0.1, 0.15) is 10.2 Å². The van der Waals surface area contributed by atoms with Gasteiger partial charge < -0.3 is 10.2 Å². The summed E-state index contributed by atoms with van der Waals surface area (Å²) < 4.78 is 0.449. The zero-order valence-electron chi connectivity index (χ0n) is 17.4. The van der Waals surface area contributed by atoms with Crippen molar-refractivity contribution in [2.45, 2.75) is 75.7 Å². The van der Waals surface area contributed by atoms with Crippen molar-refractivity contribution < 1.29 is 0 Å². The third kappa shape index (κ3) is 9.75. The normalized spacial score (nSPS) is 9.52. The Kier molecular flexibility index (Phi) is 17.2. The van der Waals surface area contributed by atoms with Crippen LogP contribution in [-0.2, 0) is 0 Å². The number of nitrogens with one attached hydrogen (secondary N) is 1. The van der Waals surface area contributed by atoms with E-state index in [1.807, 2.05) is 60.4 Å². The molecular formula is C19H40N2OS. The minimum atomic E-state index is 0.00681. The Bertz CT molecular complexity index is 454. The van der Waals surface area contributed by atoms with Crippen molar-refractivity contribution in [1.82, 2.24) is 0 Å². The van der Waals surface area contributed by atoms with Gasteiger partial charge in [0.15, 0.2) is 0 Å². The highest BCUT2D eigenvalue weighted by molar-refractivity contribution is 7.71. The Morgan fingerprint density at radius 3 is 1.83 bits per heavy atom. The van der Waals surface area contributed by atoms with E-state index in [4.69, 9.17) is 12.2 Å². The van der Waals surface area contributed by atoms with E-state index >= 15 is 0 Å². The number of anilines is 2. The molecule has 3 nitrogen and oxygen atoms in total. The van der Waals surface area contributed by atoms with Crippen LogP contribution in [0.2, 0.25) is 0 Å². The van der Waals surface area contributed by atoms with Crippen LogP contribution in [0.4, 0.5) is 11.4 Å². The fourth-order valence-corrected chi connectivity index (χ4v) is 1.97. The maximum absolute atomic E-state index is 11.7. The second kappa shape index (κ2) is 14.7. The van der Waals surface area contributed by atoms with Gasteiger partial charge in [-0.2, -0.15) is 0 Å². The minimum absolute atomic E-state index is 0.00681. The number of hydrogen-bond acceptors (Lipinski definition) is 4. The number of hydrogen-bond donors (Lipinski definition) is 1. The second-order valence-electron chi connectivity index (χ2n) is 5.64. The standard InChI is InChI=1S/C13H22N2OS.3C2H6/c1-6-14-9-10(11(16)12(9)17)15(5)8-7-13(2,3)4;3*1-2/h14H,6-8H2,1-5H3;3*1-2H3. The lowest BCUT2D eigenvalue weighted by Gasteiger charge is -2.27. The maximum Gasteiger partial charge on any atom is 0.224 e. The zero-order valence-corrected chi connectivity index (χ0v) is 18.2. The highest BCUT2D eigenvalue weighted by Gasteiger charge is 2.21. The zero-order chi connectivity index (χ0) is 19.2. The van der Waals surface area contributed by atoms with Gasteiger partial charge in [-0.25, -0.2) is 0 Å². The highest BCUT2D eigenvalue weighted by atomic mass is 32.1. The smallest absolute Gasteiger partial charge is 0.224 e. The van der Waals surface area contributed by atoms with Gasteiger partial charge >= 0.3 is 0 Å². The Balaban J connectivity index is -0.000000595. The molecule has 0 amide bonds. The predicted molar refractivity (Wildman–Crippen MR) is 111 cm³/mol. The van der Waals surface area contributed by atoms with Crippen molar-refractivity contribution in [2.24, 2.45) is 5.41 Å². The topological polar surface area (TPSA) is 32.3 Å². The lowest BCUT2D eigenvalue weighted by Crippen LogP contribution is -2.32. The maximum atomic E-state index is 11.7. The van der Waals surface area contributed by atoms with Crippen molar-refractivity contribution in [3.63, 3.8) is 0 Å². The first-order valence-corrected chi connectivity index (χ1v) is 9.47. The minimum Gasteiger partial charge on any atom is -0.382 e. The average Bonchev–Trinajstić information content (AvgIpc) is 2.57. The first-order chi connectivity index (χ1) is 10.8. The molecule has 0 aliphatic carbocycles. The Hall–Kier alpha value is -0.900. The average molecular weight is 345 g/mol. The van der Waals surface area contributed by atoms with Gasteiger partial charge in [-0.15, -0.1) is 0 Å². The molecule has 0 fully saturated rings. The Morgan fingerprint density at radius 1 is 1.04 bits per heavy atom. The van der Waals surface area contributed by atoms with Gasteiger partial charge in [0.25, 0.3) is 0 Å². The summed E-state index contributed by atoms with van der Waals surface area (Å²) in [5, 5.41) is 3.17. The van der Waals surface area contributed by atoms with Crippen molar-refractivity contribution >= 4 is 23.6 Å². The lowest BCUT2D eigenvalue weighted by molar-refractivity contribution is 0.381. The van der Waals surface area contributed by atoms with Crippen molar-refractivity contribution in [3.8, 4) is 0 Å². The molecule has 138 valence electrons. The van der Waals surface area contributed by atoms with E-state index in [1.54, 1.807) is 0 Å². The summed E-state index contributed by atoms with van der Waals surface area (Å²) in [5.41, 5.74) is 1.89. The summed E-state index contributed by atoms with van der Waals surface area (Å²) in [6.07, 6.45) is 1.05. The van der Waals surface area contributed by atoms with Crippen LogP contribution < -0.4 is 15.6 Å². The van der Waals surface area contributed by atoms with Crippen LogP contribution in [0.25, 0.3) is 0 Å². The third-order valence-corrected chi connectivity index (χ3v) is 3.21. The quantitative estimate of drug-likeness (QED) is 0.660. The van der Waals surface area contributed by atoms with E-state index in [9.17, 15) is 4.79 Å². The van der Waals surface area contributed by atoms with Crippen LogP contribution in [-0.4, -0.2) is 20.1 Å². The Morgan fingerprint density at radius 2 is 1.48 bits per heavy atom. The van der Waals surface area contributed by atoms with Crippen LogP contribution in [0, 0.1) is 9.93 Å². The van der Waals surface area contributed by atoms with Crippen molar-refractivity contribution in [3.05, 3.63) is 14.7 Å². The molecule has 0 heterocycles. The predicted octanol–water partition coefficient (Wildman–Crippen LogP) is 6.03. The number of nitrogens with zero attached hydrogens (tertiary/aromatic N) is 1. The molecule has 23 heavy (non-hydrogen) atoms. The molecule has 0 aliphatic rings. The van der Waals surface area contributed by atoms with Gasteiger partial charge in [-0.05, 0) is 18.8 Å². The molecule has 0 bridgehead atoms. The van der Waals surface area contributed by atoms with Crippen molar-refractivity contribution in [1.29, 1.82) is 0 Å². The first-order valence-electron chi connectivity index (χ1n) is 9.06. The monoisotopic (exact) mass is 344 g/mol. The molecule has 0 saturated heterocycles. The summed E-state index contributed by atoms with van der Waals surface area (Å²) >= 11 is 5.05. The third-order valence-electron chi connectivity index (χ3n) is 2.82. The molecule has 1 N–H and O–H groups in total. The summed E-state index contributed by atoms with van der Waals surface area (Å²) in [4.78, 5) is 13.7. The van der Waals surface area contributed by atoms with Crippen LogP contribution in [0.5, 0.6) is 0 Å². The largest absolute Gasteiger partial charge is 0.382 e. The van der Waals surface area contributed by atoms with E-state index in [1.165, 1.54) is 0 Å². The molecule has 0 atom stereocenters. The van der Waals surface area contributed by atoms with Crippen molar-refractivity contribution in [2.75, 3.05) is 30.4 Å². The van der Waals surface area contributed by atoms with Gasteiger partial charge in [0.2, 0.25) is 5.43 Å². The van der Waals surface area contributed by atoms with Crippen LogP contribution in [0.15, 0.2) is 4.79 Å². The van der Waals surface area contributed by atoms with Crippen LogP contribution in [0.3, 0.4) is 0 Å². The molecule has 1 aromatic carbocycles. The molecule has 4 heteroatoms. The molecule has 1 rings (SSSR count). The fraction of sp³-hybridized carbons (Fsp3) is 0.789. The van der Waals surface area contributed by atoms with E-state index < -0.39 is 0 Å². The molecule has 0 aliphatic heterocycles. The van der Waals surface area contributed by atoms with Gasteiger partial charge in [-0.3, -0.25) is 4.79 Å². The van der Waals surface area contributed by atoms with Gasteiger partial charge in [0, 0.05) is 20.1 Å². The molecular weight excluding hydrogens is 304 g/mol. The summed E-state index contributed by atoms with van der Waals surface area (Å²) in [7, 11) is 1.96. The van der Waals surface area contributed by atoms with Crippen LogP contribution >= 0.6 is 12.2 Å². The molecule has 0 saturated carbocycles. The highest BCUT2D eigenvalue weighted by Crippen LogP contribution is 2.27. The molecule has 1 aromatic rings. The molecule has 0 aromatic heterocycles. The van der Waals surface area contributed by atoms with E-state index in [0.29, 0.717) is 4.51 Å². The summed E-state index contributed by atoms with van der Waals surface area (Å²) in [6, 6.07) is 0. The SMILES string of the molecule is CC.CC.CC.CCNc1c(N(C)CCC(C)(C)C)c(=O)c1=S. The van der Waals surface area contributed by atoms with E-state index in [-0.39, 0.29) is 10.8 Å². The van der Waals surface area contributed by atoms with Gasteiger partial charge in [-0.1, -0.05) is 74.5 Å². The summed E-state index contributed by atoms with van der Waals surface area (Å²) in [6.45, 7) is 22.3. The molecule has 0 spiro atoms. The van der Waals surface area contributed by atoms with Crippen LogP contribution in [0.1, 0.15) is 75.7 Å². The van der Waals surface area contributed by atoms with Gasteiger partial charge in [0.05, 0.1) is 5.69 Å². The lowest BCUT2D eigenvalue weighted by atomic mass is 9.92. The first kappa shape index (κ1) is 27.0. The van der Waals surface area contributed by atoms with E-state index in [2.05, 4.69) is 26.1 Å². The second-order valence-corrected chi connectivity index (χ2v) is 6.05. The summed E-state index contributed by atoms with van der Waals surface area (Å²) in [5.74, 6) is 0. The molecule has 0 radical (unpaired) electrons. The fourth-order valence-electron chi connectivity index (χ4n) is 1.70. The Labute approximate surface area is 150 Å². The van der Waals surface area contributed by atoms with E-state index in [0.717, 1.165) is 30.9 Å².